The second-order valence-electron chi connectivity index (χ2n) is 2.66. The summed E-state index contributed by atoms with van der Waals surface area (Å²) in [6.45, 7) is 0. The maximum Gasteiger partial charge on any atom is 0.154 e. The van der Waals surface area contributed by atoms with Gasteiger partial charge in [-0.15, -0.1) is 0 Å². The van der Waals surface area contributed by atoms with Gasteiger partial charge in [0.05, 0.1) is 22.9 Å². The van der Waals surface area contributed by atoms with Gasteiger partial charge < -0.3 is 10.8 Å². The quantitative estimate of drug-likeness (QED) is 0.371. The summed E-state index contributed by atoms with van der Waals surface area (Å²) < 4.78 is 21.9. The van der Waals surface area contributed by atoms with Crippen LogP contribution in [-0.2, 0) is 9.84 Å². The first-order valence-corrected chi connectivity index (χ1v) is 6.00. The lowest BCUT2D eigenvalue weighted by molar-refractivity contribution is 0.208. The van der Waals surface area contributed by atoms with E-state index < -0.39 is 21.2 Å². The van der Waals surface area contributed by atoms with Crippen LogP contribution in [0.2, 0.25) is 0 Å². The molecule has 1 aliphatic heterocycles. The normalized spacial score (nSPS) is 33.4. The molecule has 2 unspecified atom stereocenters. The Kier molecular flexibility index (Phi) is 2.64. The molecule has 70 valence electrons. The number of nitrogens with one attached hydrogen (secondary N) is 1. The van der Waals surface area contributed by atoms with Crippen LogP contribution >= 0.6 is 11.8 Å². The zero-order valence-corrected chi connectivity index (χ0v) is 7.86. The molecule has 0 aliphatic carbocycles. The van der Waals surface area contributed by atoms with Crippen molar-refractivity contribution in [3.8, 4) is 0 Å². The van der Waals surface area contributed by atoms with Gasteiger partial charge in [-0.25, -0.2) is 8.42 Å². The Morgan fingerprint density at radius 1 is 1.58 bits per heavy atom. The van der Waals surface area contributed by atoms with Crippen LogP contribution < -0.4 is 5.73 Å². The van der Waals surface area contributed by atoms with Gasteiger partial charge >= 0.3 is 0 Å². The second-order valence-corrected chi connectivity index (χ2v) is 6.10. The number of amidine groups is 1. The SMILES string of the molecule is N=C(N)SC1CS(=O)(=O)CC1O. The van der Waals surface area contributed by atoms with Crippen LogP contribution in [0.5, 0.6) is 0 Å². The number of aliphatic hydroxyl groups is 1. The topological polar surface area (TPSA) is 104 Å². The van der Waals surface area contributed by atoms with Crippen molar-refractivity contribution in [1.82, 2.24) is 0 Å². The van der Waals surface area contributed by atoms with Crippen LogP contribution in [-0.4, -0.2) is 41.6 Å². The molecule has 12 heavy (non-hydrogen) atoms. The van der Waals surface area contributed by atoms with Gasteiger partial charge in [-0.3, -0.25) is 5.41 Å². The van der Waals surface area contributed by atoms with E-state index in [9.17, 15) is 13.5 Å². The molecule has 5 nitrogen and oxygen atoms in total. The molecule has 1 heterocycles. The van der Waals surface area contributed by atoms with Crippen molar-refractivity contribution in [2.75, 3.05) is 11.5 Å². The van der Waals surface area contributed by atoms with Crippen LogP contribution in [0.15, 0.2) is 0 Å². The molecule has 1 aliphatic rings. The van der Waals surface area contributed by atoms with Crippen LogP contribution in [0.25, 0.3) is 0 Å². The molecule has 0 amide bonds. The van der Waals surface area contributed by atoms with Gasteiger partial charge in [-0.2, -0.15) is 0 Å². The average molecular weight is 210 g/mol. The number of nitrogens with two attached hydrogens (primary N) is 1. The first-order valence-electron chi connectivity index (χ1n) is 3.30. The molecule has 4 N–H and O–H groups in total. The highest BCUT2D eigenvalue weighted by atomic mass is 32.2. The Morgan fingerprint density at radius 2 is 2.17 bits per heavy atom. The predicted octanol–water partition coefficient (Wildman–Crippen LogP) is -1.23. The molecule has 0 saturated carbocycles. The fourth-order valence-electron chi connectivity index (χ4n) is 1.07. The van der Waals surface area contributed by atoms with Crippen molar-refractivity contribution in [1.29, 1.82) is 5.41 Å². The fourth-order valence-corrected chi connectivity index (χ4v) is 4.28. The van der Waals surface area contributed by atoms with Gasteiger partial charge in [0.1, 0.15) is 0 Å². The number of thioether (sulfide) groups is 1. The molecule has 0 spiro atoms. The summed E-state index contributed by atoms with van der Waals surface area (Å²) in [6.07, 6.45) is -0.885. The first kappa shape index (κ1) is 9.82. The summed E-state index contributed by atoms with van der Waals surface area (Å²) in [5.41, 5.74) is 5.06. The predicted molar refractivity (Wildman–Crippen MR) is 48.0 cm³/mol. The standard InChI is InChI=1S/C5H10N2O3S2/c6-5(7)11-4-2-12(9,10)1-3(4)8/h3-4,8H,1-2H2,(H3,6,7). The lowest BCUT2D eigenvalue weighted by Crippen LogP contribution is -2.23. The van der Waals surface area contributed by atoms with Gasteiger partial charge in [0.15, 0.2) is 15.0 Å². The number of aliphatic hydroxyl groups excluding tert-OH is 1. The third-order valence-corrected chi connectivity index (χ3v) is 4.52. The summed E-state index contributed by atoms with van der Waals surface area (Å²) in [5.74, 6) is -0.295. The molecule has 2 atom stereocenters. The molecular formula is C5H10N2O3S2. The first-order chi connectivity index (χ1) is 5.41. The lowest BCUT2D eigenvalue weighted by Gasteiger charge is -2.09. The van der Waals surface area contributed by atoms with E-state index in [1.807, 2.05) is 0 Å². The monoisotopic (exact) mass is 210 g/mol. The van der Waals surface area contributed by atoms with Gasteiger partial charge in [0.25, 0.3) is 0 Å². The summed E-state index contributed by atoms with van der Waals surface area (Å²) in [5, 5.41) is 15.5. The third kappa shape index (κ3) is 2.36. The Hall–Kier alpha value is -0.270. The van der Waals surface area contributed by atoms with E-state index in [1.165, 1.54) is 0 Å². The maximum atomic E-state index is 10.9. The van der Waals surface area contributed by atoms with Crippen molar-refractivity contribution in [2.45, 2.75) is 11.4 Å². The maximum absolute atomic E-state index is 10.9. The Bertz CT molecular complexity index is 287. The molecule has 0 radical (unpaired) electrons. The van der Waals surface area contributed by atoms with Crippen molar-refractivity contribution < 1.29 is 13.5 Å². The number of rotatable bonds is 1. The third-order valence-electron chi connectivity index (χ3n) is 1.55. The fraction of sp³-hybridized carbons (Fsp3) is 0.800. The van der Waals surface area contributed by atoms with E-state index in [-0.39, 0.29) is 16.7 Å². The largest absolute Gasteiger partial charge is 0.391 e. The van der Waals surface area contributed by atoms with Crippen LogP contribution in [0, 0.1) is 5.41 Å². The minimum absolute atomic E-state index is 0.0849. The summed E-state index contributed by atoms with van der Waals surface area (Å²) >= 11 is 0.904. The summed E-state index contributed by atoms with van der Waals surface area (Å²) in [7, 11) is -3.11. The highest BCUT2D eigenvalue weighted by Crippen LogP contribution is 2.24. The Morgan fingerprint density at radius 3 is 2.50 bits per heavy atom. The van der Waals surface area contributed by atoms with Gasteiger partial charge in [-0.1, -0.05) is 11.8 Å². The second kappa shape index (κ2) is 3.23. The molecule has 0 bridgehead atoms. The van der Waals surface area contributed by atoms with Gasteiger partial charge in [0.2, 0.25) is 0 Å². The van der Waals surface area contributed by atoms with E-state index in [0.29, 0.717) is 0 Å². The minimum atomic E-state index is -3.11. The smallest absolute Gasteiger partial charge is 0.154 e. The van der Waals surface area contributed by atoms with Crippen LogP contribution in [0.4, 0.5) is 0 Å². The minimum Gasteiger partial charge on any atom is -0.391 e. The zero-order valence-electron chi connectivity index (χ0n) is 6.23. The van der Waals surface area contributed by atoms with E-state index >= 15 is 0 Å². The highest BCUT2D eigenvalue weighted by molar-refractivity contribution is 8.14. The molecule has 1 saturated heterocycles. The van der Waals surface area contributed by atoms with Gasteiger partial charge in [-0.05, 0) is 0 Å². The van der Waals surface area contributed by atoms with Crippen LogP contribution in [0.1, 0.15) is 0 Å². The van der Waals surface area contributed by atoms with Crippen molar-refractivity contribution in [3.05, 3.63) is 0 Å². The summed E-state index contributed by atoms with van der Waals surface area (Å²) in [6, 6.07) is 0. The van der Waals surface area contributed by atoms with Crippen molar-refractivity contribution in [3.63, 3.8) is 0 Å². The molecular weight excluding hydrogens is 200 g/mol. The van der Waals surface area contributed by atoms with E-state index in [2.05, 4.69) is 0 Å². The van der Waals surface area contributed by atoms with Gasteiger partial charge in [0, 0.05) is 0 Å². The van der Waals surface area contributed by atoms with E-state index in [1.54, 1.807) is 0 Å². The van der Waals surface area contributed by atoms with E-state index in [0.717, 1.165) is 11.8 Å². The molecule has 1 fully saturated rings. The highest BCUT2D eigenvalue weighted by Gasteiger charge is 2.37. The number of hydrogen-bond acceptors (Lipinski definition) is 5. The average Bonchev–Trinajstić information content (AvgIpc) is 2.03. The van der Waals surface area contributed by atoms with E-state index in [4.69, 9.17) is 11.1 Å². The molecule has 0 aromatic heterocycles. The zero-order chi connectivity index (χ0) is 9.35. The van der Waals surface area contributed by atoms with Crippen LogP contribution in [0.3, 0.4) is 0 Å². The van der Waals surface area contributed by atoms with Crippen molar-refractivity contribution in [2.24, 2.45) is 5.73 Å². The molecule has 1 rings (SSSR count). The molecule has 7 heteroatoms. The Labute approximate surface area is 74.8 Å². The summed E-state index contributed by atoms with van der Waals surface area (Å²) in [4.78, 5) is 0. The van der Waals surface area contributed by atoms with Crippen molar-refractivity contribution >= 4 is 26.8 Å². The molecule has 0 aromatic rings. The number of hydrogen-bond donors (Lipinski definition) is 3. The Balaban J connectivity index is 2.64. The lowest BCUT2D eigenvalue weighted by atomic mass is 10.3. The molecule has 0 aromatic carbocycles. The number of sulfone groups is 1.